The molecule has 0 unspecified atom stereocenters. The van der Waals surface area contributed by atoms with E-state index in [0.717, 1.165) is 25.7 Å². The molecule has 2 aromatic rings. The van der Waals surface area contributed by atoms with Crippen LogP contribution in [0.3, 0.4) is 0 Å². The highest BCUT2D eigenvalue weighted by atomic mass is 19.1. The number of nitrogens with one attached hydrogen (secondary N) is 2. The van der Waals surface area contributed by atoms with E-state index in [0.29, 0.717) is 17.8 Å². The number of carbonyl (C=O) groups excluding carboxylic acids is 3. The van der Waals surface area contributed by atoms with Gasteiger partial charge >= 0.3 is 11.9 Å². The van der Waals surface area contributed by atoms with Crippen molar-refractivity contribution in [3.63, 3.8) is 0 Å². The maximum Gasteiger partial charge on any atom is 0.306 e. The quantitative estimate of drug-likeness (QED) is 0.422. The van der Waals surface area contributed by atoms with Crippen LogP contribution in [0, 0.1) is 5.92 Å². The van der Waals surface area contributed by atoms with Gasteiger partial charge in [0.05, 0.1) is 6.33 Å². The van der Waals surface area contributed by atoms with Gasteiger partial charge in [-0.3, -0.25) is 24.3 Å². The summed E-state index contributed by atoms with van der Waals surface area (Å²) in [6.07, 6.45) is 3.53. The van der Waals surface area contributed by atoms with Crippen molar-refractivity contribution < 1.29 is 33.0 Å². The Balaban J connectivity index is 1.60. The minimum Gasteiger partial charge on any atom is -0.463 e. The molecule has 1 aliphatic heterocycles. The largest absolute Gasteiger partial charge is 0.463 e. The standard InChI is InChI=1S/C26H37FN6O6/c1-5-17(34)30-25-31-22(28-4)20-23(32-25)33(14-29-20)24-26(3,27)21(39-18(35)6-2)16(38-24)13-37-19(36)12-15-10-8-7-9-11-15/h14-16,21,24H,5-13H2,1-4H3,(H2,28,30,31,32,34)/t16-,21-,24-,26-/m1/s1. The van der Waals surface area contributed by atoms with Gasteiger partial charge in [-0.15, -0.1) is 0 Å². The van der Waals surface area contributed by atoms with Gasteiger partial charge in [-0.1, -0.05) is 33.1 Å². The van der Waals surface area contributed by atoms with Crippen LogP contribution in [0.2, 0.25) is 0 Å². The highest BCUT2D eigenvalue weighted by Gasteiger charge is 2.58. The molecule has 1 amide bonds. The third kappa shape index (κ3) is 6.29. The molecule has 1 aliphatic carbocycles. The molecule has 2 N–H and O–H groups in total. The SMILES string of the molecule is CCC(=O)Nc1nc(NC)c2ncn([C@@H]3O[C@H](COC(=O)CC4CCCCC4)[C@@H](OC(=O)CC)[C@@]3(C)F)c2n1. The van der Waals surface area contributed by atoms with Crippen molar-refractivity contribution in [2.75, 3.05) is 24.3 Å². The number of fused-ring (bicyclic) bond motifs is 1. The fraction of sp³-hybridized carbons (Fsp3) is 0.692. The monoisotopic (exact) mass is 548 g/mol. The van der Waals surface area contributed by atoms with Crippen LogP contribution < -0.4 is 10.6 Å². The molecule has 1 saturated carbocycles. The molecular formula is C26H37FN6O6. The molecule has 4 atom stereocenters. The molecule has 39 heavy (non-hydrogen) atoms. The fourth-order valence-electron chi connectivity index (χ4n) is 5.15. The van der Waals surface area contributed by atoms with Crippen molar-refractivity contribution >= 4 is 40.8 Å². The third-order valence-corrected chi connectivity index (χ3v) is 7.30. The molecule has 0 radical (unpaired) electrons. The Labute approximate surface area is 226 Å². The summed E-state index contributed by atoms with van der Waals surface area (Å²) in [5.74, 6) is -0.662. The molecule has 12 nitrogen and oxygen atoms in total. The average molecular weight is 549 g/mol. The lowest BCUT2D eigenvalue weighted by Crippen LogP contribution is -2.44. The van der Waals surface area contributed by atoms with Crippen molar-refractivity contribution in [3.05, 3.63) is 6.33 Å². The van der Waals surface area contributed by atoms with Gasteiger partial charge in [0.15, 0.2) is 35.0 Å². The highest BCUT2D eigenvalue weighted by molar-refractivity contribution is 5.91. The van der Waals surface area contributed by atoms with Gasteiger partial charge in [-0.25, -0.2) is 9.37 Å². The van der Waals surface area contributed by atoms with Gasteiger partial charge in [0.2, 0.25) is 11.9 Å². The van der Waals surface area contributed by atoms with Crippen molar-refractivity contribution in [1.82, 2.24) is 19.5 Å². The maximum atomic E-state index is 16.5. The minimum absolute atomic E-state index is 0.0150. The molecule has 1 saturated heterocycles. The predicted molar refractivity (Wildman–Crippen MR) is 140 cm³/mol. The maximum absolute atomic E-state index is 16.5. The molecule has 0 bridgehead atoms. The van der Waals surface area contributed by atoms with Crippen LogP contribution in [0.25, 0.3) is 11.2 Å². The smallest absolute Gasteiger partial charge is 0.306 e. The van der Waals surface area contributed by atoms with Crippen LogP contribution in [-0.4, -0.2) is 68.9 Å². The van der Waals surface area contributed by atoms with E-state index >= 15 is 4.39 Å². The second kappa shape index (κ2) is 12.2. The summed E-state index contributed by atoms with van der Waals surface area (Å²) in [5, 5.41) is 5.50. The van der Waals surface area contributed by atoms with E-state index in [1.165, 1.54) is 24.2 Å². The number of ether oxygens (including phenoxy) is 3. The number of carbonyl (C=O) groups is 3. The van der Waals surface area contributed by atoms with Gasteiger partial charge in [0.25, 0.3) is 0 Å². The lowest BCUT2D eigenvalue weighted by molar-refractivity contribution is -0.161. The Kier molecular flexibility index (Phi) is 8.98. The Morgan fingerprint density at radius 1 is 1.15 bits per heavy atom. The minimum atomic E-state index is -2.24. The van der Waals surface area contributed by atoms with E-state index in [-0.39, 0.29) is 48.8 Å². The Hall–Kier alpha value is -3.35. The third-order valence-electron chi connectivity index (χ3n) is 7.30. The first-order chi connectivity index (χ1) is 18.7. The molecule has 0 aromatic carbocycles. The molecule has 2 aliphatic rings. The number of nitrogens with zero attached hydrogens (tertiary/aromatic N) is 4. The Morgan fingerprint density at radius 2 is 1.90 bits per heavy atom. The van der Waals surface area contributed by atoms with E-state index < -0.39 is 30.1 Å². The lowest BCUT2D eigenvalue weighted by atomic mass is 9.87. The summed E-state index contributed by atoms with van der Waals surface area (Å²) in [7, 11) is 1.63. The first-order valence-corrected chi connectivity index (χ1v) is 13.6. The first-order valence-electron chi connectivity index (χ1n) is 13.6. The molecule has 13 heteroatoms. The van der Waals surface area contributed by atoms with Crippen LogP contribution in [0.1, 0.15) is 78.4 Å². The number of alkyl halides is 1. The number of esters is 2. The average Bonchev–Trinajstić information content (AvgIpc) is 3.45. The number of hydrogen-bond acceptors (Lipinski definition) is 10. The van der Waals surface area contributed by atoms with E-state index in [1.54, 1.807) is 20.9 Å². The van der Waals surface area contributed by atoms with E-state index in [9.17, 15) is 14.4 Å². The van der Waals surface area contributed by atoms with Crippen molar-refractivity contribution in [3.8, 4) is 0 Å². The molecule has 3 heterocycles. The zero-order chi connectivity index (χ0) is 28.2. The van der Waals surface area contributed by atoms with Crippen molar-refractivity contribution in [1.29, 1.82) is 0 Å². The van der Waals surface area contributed by atoms with Crippen LogP contribution in [-0.2, 0) is 28.6 Å². The van der Waals surface area contributed by atoms with E-state index in [2.05, 4.69) is 25.6 Å². The molecule has 0 spiro atoms. The highest BCUT2D eigenvalue weighted by Crippen LogP contribution is 2.44. The van der Waals surface area contributed by atoms with Crippen LogP contribution in [0.5, 0.6) is 0 Å². The summed E-state index contributed by atoms with van der Waals surface area (Å²) in [5.41, 5.74) is -1.71. The van der Waals surface area contributed by atoms with Crippen molar-refractivity contribution in [2.24, 2.45) is 5.92 Å². The molecule has 214 valence electrons. The van der Waals surface area contributed by atoms with Gasteiger partial charge in [-0.2, -0.15) is 9.97 Å². The van der Waals surface area contributed by atoms with Crippen LogP contribution in [0.15, 0.2) is 6.33 Å². The number of anilines is 2. The second-order valence-corrected chi connectivity index (χ2v) is 10.2. The van der Waals surface area contributed by atoms with Crippen LogP contribution >= 0.6 is 0 Å². The van der Waals surface area contributed by atoms with Gasteiger partial charge in [0.1, 0.15) is 12.7 Å². The number of aromatic nitrogens is 4. The van der Waals surface area contributed by atoms with Gasteiger partial charge in [-0.05, 0) is 25.7 Å². The summed E-state index contributed by atoms with van der Waals surface area (Å²) >= 11 is 0. The fourth-order valence-corrected chi connectivity index (χ4v) is 5.15. The number of rotatable bonds is 10. The summed E-state index contributed by atoms with van der Waals surface area (Å²) in [6.45, 7) is 4.29. The predicted octanol–water partition coefficient (Wildman–Crippen LogP) is 3.68. The molecular weight excluding hydrogens is 511 g/mol. The second-order valence-electron chi connectivity index (χ2n) is 10.2. The molecule has 4 rings (SSSR count). The van der Waals surface area contributed by atoms with E-state index in [4.69, 9.17) is 14.2 Å². The van der Waals surface area contributed by atoms with Crippen molar-refractivity contribution in [2.45, 2.75) is 96.2 Å². The zero-order valence-electron chi connectivity index (χ0n) is 22.9. The Morgan fingerprint density at radius 3 is 2.56 bits per heavy atom. The zero-order valence-corrected chi connectivity index (χ0v) is 22.9. The number of imidazole rings is 1. The normalized spacial score (nSPS) is 25.4. The summed E-state index contributed by atoms with van der Waals surface area (Å²) in [4.78, 5) is 49.7. The summed E-state index contributed by atoms with van der Waals surface area (Å²) in [6, 6.07) is 0. The Bertz CT molecular complexity index is 1200. The van der Waals surface area contributed by atoms with Gasteiger partial charge in [0, 0.05) is 26.3 Å². The van der Waals surface area contributed by atoms with Crippen LogP contribution in [0.4, 0.5) is 16.2 Å². The topological polar surface area (TPSA) is 147 Å². The molecule has 2 fully saturated rings. The number of hydrogen-bond donors (Lipinski definition) is 2. The summed E-state index contributed by atoms with van der Waals surface area (Å²) < 4.78 is 34.9. The lowest BCUT2D eigenvalue weighted by Gasteiger charge is -2.27. The van der Waals surface area contributed by atoms with Gasteiger partial charge < -0.3 is 19.5 Å². The first kappa shape index (κ1) is 28.7. The number of amides is 1. The number of halogens is 1. The molecule has 2 aromatic heterocycles. The van der Waals surface area contributed by atoms with E-state index in [1.807, 2.05) is 0 Å².